The van der Waals surface area contributed by atoms with E-state index in [1.165, 1.54) is 25.9 Å². The molecule has 1 heteroatoms. The fraction of sp³-hybridized carbons (Fsp3) is 1.00. The monoisotopic (exact) mass is 113 g/mol. The van der Waals surface area contributed by atoms with Gasteiger partial charge in [-0.25, -0.2) is 0 Å². The molecule has 0 bridgehead atoms. The zero-order chi connectivity index (χ0) is 6.04. The Morgan fingerprint density at radius 3 is 2.62 bits per heavy atom. The van der Waals surface area contributed by atoms with Crippen LogP contribution in [0.3, 0.4) is 0 Å². The minimum Gasteiger partial charge on any atom is -0.316 e. The van der Waals surface area contributed by atoms with Crippen LogP contribution in [0.15, 0.2) is 0 Å². The molecule has 0 aromatic carbocycles. The lowest BCUT2D eigenvalue weighted by molar-refractivity contribution is 0.351. The van der Waals surface area contributed by atoms with E-state index in [1.54, 1.807) is 0 Å². The molecule has 1 fully saturated rings. The van der Waals surface area contributed by atoms with Crippen LogP contribution in [0.1, 0.15) is 26.7 Å². The van der Waals surface area contributed by atoms with Crippen molar-refractivity contribution in [3.8, 4) is 0 Å². The van der Waals surface area contributed by atoms with Gasteiger partial charge in [-0.15, -0.1) is 0 Å². The summed E-state index contributed by atoms with van der Waals surface area (Å²) in [6.07, 6.45) is 2.68. The molecule has 48 valence electrons. The summed E-state index contributed by atoms with van der Waals surface area (Å²) in [4.78, 5) is 0. The summed E-state index contributed by atoms with van der Waals surface area (Å²) in [6, 6.07) is 0. The summed E-state index contributed by atoms with van der Waals surface area (Å²) in [7, 11) is 0. The van der Waals surface area contributed by atoms with Crippen LogP contribution in [0.5, 0.6) is 0 Å². The molecule has 0 unspecified atom stereocenters. The second-order valence-electron chi connectivity index (χ2n) is 3.09. The van der Waals surface area contributed by atoms with Gasteiger partial charge in [-0.2, -0.15) is 0 Å². The van der Waals surface area contributed by atoms with Crippen LogP contribution >= 0.6 is 0 Å². The van der Waals surface area contributed by atoms with Gasteiger partial charge in [-0.05, 0) is 24.8 Å². The number of rotatable bonds is 1. The molecule has 1 atom stereocenters. The molecular weight excluding hydrogens is 98.1 g/mol. The van der Waals surface area contributed by atoms with E-state index in [0.717, 1.165) is 0 Å². The van der Waals surface area contributed by atoms with Gasteiger partial charge in [-0.1, -0.05) is 13.8 Å². The van der Waals surface area contributed by atoms with Crippen LogP contribution in [0.4, 0.5) is 0 Å². The maximum Gasteiger partial charge on any atom is 0.000554 e. The zero-order valence-electron chi connectivity index (χ0n) is 5.83. The summed E-state index contributed by atoms with van der Waals surface area (Å²) in [5, 5.41) is 3.36. The van der Waals surface area contributed by atoms with E-state index < -0.39 is 0 Å². The Kier molecular flexibility index (Phi) is 1.57. The SMILES string of the molecule is CC[C@]1(C)CCNC1. The first-order valence-electron chi connectivity index (χ1n) is 3.47. The van der Waals surface area contributed by atoms with E-state index in [4.69, 9.17) is 0 Å². The second-order valence-corrected chi connectivity index (χ2v) is 3.09. The Balaban J connectivity index is 2.40. The molecular formula is C7H15N. The largest absolute Gasteiger partial charge is 0.316 e. The summed E-state index contributed by atoms with van der Waals surface area (Å²) < 4.78 is 0. The molecule has 1 rings (SSSR count). The van der Waals surface area contributed by atoms with Gasteiger partial charge in [0, 0.05) is 6.54 Å². The Labute approximate surface area is 51.5 Å². The molecule has 1 N–H and O–H groups in total. The van der Waals surface area contributed by atoms with E-state index >= 15 is 0 Å². The van der Waals surface area contributed by atoms with Gasteiger partial charge in [0.2, 0.25) is 0 Å². The summed E-state index contributed by atoms with van der Waals surface area (Å²) in [5.74, 6) is 0. The van der Waals surface area contributed by atoms with Gasteiger partial charge in [-0.3, -0.25) is 0 Å². The minimum atomic E-state index is 0.625. The average Bonchev–Trinajstić information content (AvgIpc) is 2.17. The van der Waals surface area contributed by atoms with Gasteiger partial charge in [0.15, 0.2) is 0 Å². The topological polar surface area (TPSA) is 12.0 Å². The van der Waals surface area contributed by atoms with E-state index in [0.29, 0.717) is 5.41 Å². The third-order valence-electron chi connectivity index (χ3n) is 2.31. The zero-order valence-corrected chi connectivity index (χ0v) is 5.83. The van der Waals surface area contributed by atoms with Gasteiger partial charge in [0.25, 0.3) is 0 Å². The Morgan fingerprint density at radius 2 is 2.38 bits per heavy atom. The van der Waals surface area contributed by atoms with Crippen molar-refractivity contribution in [2.24, 2.45) is 5.41 Å². The summed E-state index contributed by atoms with van der Waals surface area (Å²) >= 11 is 0. The molecule has 0 saturated carbocycles. The molecule has 0 aromatic heterocycles. The summed E-state index contributed by atoms with van der Waals surface area (Å²) in [6.45, 7) is 7.08. The smallest absolute Gasteiger partial charge is 0.000554 e. The number of hydrogen-bond acceptors (Lipinski definition) is 1. The first-order valence-corrected chi connectivity index (χ1v) is 3.47. The van der Waals surface area contributed by atoms with Crippen molar-refractivity contribution in [1.29, 1.82) is 0 Å². The highest BCUT2D eigenvalue weighted by molar-refractivity contribution is 4.81. The molecule has 0 amide bonds. The van der Waals surface area contributed by atoms with Crippen molar-refractivity contribution in [2.75, 3.05) is 13.1 Å². The lowest BCUT2D eigenvalue weighted by Gasteiger charge is -2.18. The molecule has 8 heavy (non-hydrogen) atoms. The molecule has 1 heterocycles. The maximum atomic E-state index is 3.36. The van der Waals surface area contributed by atoms with Gasteiger partial charge in [0.1, 0.15) is 0 Å². The van der Waals surface area contributed by atoms with Gasteiger partial charge in [0.05, 0.1) is 0 Å². The minimum absolute atomic E-state index is 0.625. The van der Waals surface area contributed by atoms with E-state index in [9.17, 15) is 0 Å². The van der Waals surface area contributed by atoms with Crippen LogP contribution in [0.2, 0.25) is 0 Å². The van der Waals surface area contributed by atoms with E-state index in [2.05, 4.69) is 19.2 Å². The van der Waals surface area contributed by atoms with Crippen LogP contribution in [-0.2, 0) is 0 Å². The van der Waals surface area contributed by atoms with E-state index in [-0.39, 0.29) is 0 Å². The molecule has 1 aliphatic rings. The predicted molar refractivity (Wildman–Crippen MR) is 35.9 cm³/mol. The molecule has 0 radical (unpaired) electrons. The highest BCUT2D eigenvalue weighted by Crippen LogP contribution is 2.27. The van der Waals surface area contributed by atoms with Gasteiger partial charge < -0.3 is 5.32 Å². The number of hydrogen-bond donors (Lipinski definition) is 1. The van der Waals surface area contributed by atoms with E-state index in [1.807, 2.05) is 0 Å². The van der Waals surface area contributed by atoms with Crippen molar-refractivity contribution < 1.29 is 0 Å². The summed E-state index contributed by atoms with van der Waals surface area (Å²) in [5.41, 5.74) is 0.625. The number of nitrogens with one attached hydrogen (secondary N) is 1. The lowest BCUT2D eigenvalue weighted by atomic mass is 9.87. The van der Waals surface area contributed by atoms with Crippen molar-refractivity contribution >= 4 is 0 Å². The Hall–Kier alpha value is -0.0400. The Bertz CT molecular complexity index is 72.5. The first kappa shape index (κ1) is 6.09. The fourth-order valence-corrected chi connectivity index (χ4v) is 1.17. The second kappa shape index (κ2) is 2.06. The van der Waals surface area contributed by atoms with Crippen LogP contribution in [-0.4, -0.2) is 13.1 Å². The molecule has 1 saturated heterocycles. The fourth-order valence-electron chi connectivity index (χ4n) is 1.17. The van der Waals surface area contributed by atoms with Crippen molar-refractivity contribution in [3.63, 3.8) is 0 Å². The molecule has 1 aliphatic heterocycles. The predicted octanol–water partition coefficient (Wildman–Crippen LogP) is 1.40. The van der Waals surface area contributed by atoms with Gasteiger partial charge >= 0.3 is 0 Å². The highest BCUT2D eigenvalue weighted by Gasteiger charge is 2.25. The Morgan fingerprint density at radius 1 is 1.62 bits per heavy atom. The van der Waals surface area contributed by atoms with Crippen molar-refractivity contribution in [2.45, 2.75) is 26.7 Å². The lowest BCUT2D eigenvalue weighted by Crippen LogP contribution is -2.18. The van der Waals surface area contributed by atoms with Crippen molar-refractivity contribution in [3.05, 3.63) is 0 Å². The molecule has 0 aliphatic carbocycles. The highest BCUT2D eigenvalue weighted by atomic mass is 14.9. The standard InChI is InChI=1S/C7H15N/c1-3-7(2)4-5-8-6-7/h8H,3-6H2,1-2H3/t7-/m1/s1. The van der Waals surface area contributed by atoms with Crippen LogP contribution in [0, 0.1) is 5.41 Å². The van der Waals surface area contributed by atoms with Crippen LogP contribution < -0.4 is 5.32 Å². The normalized spacial score (nSPS) is 38.2. The molecule has 0 spiro atoms. The molecule has 0 aromatic rings. The maximum absolute atomic E-state index is 3.36. The quantitative estimate of drug-likeness (QED) is 0.542. The average molecular weight is 113 g/mol. The van der Waals surface area contributed by atoms with Crippen LogP contribution in [0.25, 0.3) is 0 Å². The van der Waals surface area contributed by atoms with Crippen molar-refractivity contribution in [1.82, 2.24) is 5.32 Å². The first-order chi connectivity index (χ1) is 3.77. The third-order valence-corrected chi connectivity index (χ3v) is 2.31. The molecule has 1 nitrogen and oxygen atoms in total. The third kappa shape index (κ3) is 1.03.